The molecule has 6 heteroatoms. The van der Waals surface area contributed by atoms with Gasteiger partial charge in [-0.15, -0.1) is 11.3 Å². The van der Waals surface area contributed by atoms with Crippen LogP contribution in [0.3, 0.4) is 0 Å². The zero-order valence-electron chi connectivity index (χ0n) is 15.3. The number of hydrogen-bond donors (Lipinski definition) is 0. The van der Waals surface area contributed by atoms with Gasteiger partial charge in [0.1, 0.15) is 0 Å². The number of amides is 1. The van der Waals surface area contributed by atoms with Crippen molar-refractivity contribution in [3.05, 3.63) is 50.3 Å². The Balaban J connectivity index is 1.65. The first-order chi connectivity index (χ1) is 11.8. The summed E-state index contributed by atoms with van der Waals surface area (Å²) in [6, 6.07) is 3.07. The second-order valence-corrected chi connectivity index (χ2v) is 8.64. The van der Waals surface area contributed by atoms with Gasteiger partial charge in [0, 0.05) is 49.1 Å². The molecule has 1 fully saturated rings. The van der Waals surface area contributed by atoms with Crippen molar-refractivity contribution in [2.45, 2.75) is 44.9 Å². The summed E-state index contributed by atoms with van der Waals surface area (Å²) in [4.78, 5) is 30.8. The Hall–Kier alpha value is -1.95. The predicted molar refractivity (Wildman–Crippen MR) is 100 cm³/mol. The number of hydrogen-bond acceptors (Lipinski definition) is 4. The lowest BCUT2D eigenvalue weighted by Gasteiger charge is -2.31. The van der Waals surface area contributed by atoms with Gasteiger partial charge in [-0.2, -0.15) is 0 Å². The van der Waals surface area contributed by atoms with E-state index >= 15 is 0 Å². The molecule has 0 unspecified atom stereocenters. The van der Waals surface area contributed by atoms with Gasteiger partial charge in [0.05, 0.1) is 16.3 Å². The molecule has 5 nitrogen and oxygen atoms in total. The summed E-state index contributed by atoms with van der Waals surface area (Å²) in [5, 5.41) is 3.36. The topological polar surface area (TPSA) is 55.2 Å². The van der Waals surface area contributed by atoms with Crippen LogP contribution in [0.1, 0.15) is 60.6 Å². The van der Waals surface area contributed by atoms with Gasteiger partial charge in [-0.1, -0.05) is 20.8 Å². The van der Waals surface area contributed by atoms with E-state index in [1.807, 2.05) is 4.90 Å². The van der Waals surface area contributed by atoms with Gasteiger partial charge in [0.15, 0.2) is 0 Å². The highest BCUT2D eigenvalue weighted by Crippen LogP contribution is 2.33. The van der Waals surface area contributed by atoms with E-state index in [0.717, 1.165) is 31.6 Å². The minimum absolute atomic E-state index is 0.00330. The highest BCUT2D eigenvalue weighted by molar-refractivity contribution is 7.09. The van der Waals surface area contributed by atoms with Crippen LogP contribution < -0.4 is 5.56 Å². The van der Waals surface area contributed by atoms with Crippen molar-refractivity contribution in [1.29, 1.82) is 0 Å². The van der Waals surface area contributed by atoms with E-state index < -0.39 is 0 Å². The Morgan fingerprint density at radius 2 is 1.92 bits per heavy atom. The lowest BCUT2D eigenvalue weighted by atomic mass is 9.93. The summed E-state index contributed by atoms with van der Waals surface area (Å²) in [6.45, 7) is 8.01. The third kappa shape index (κ3) is 3.84. The molecule has 25 heavy (non-hydrogen) atoms. The summed E-state index contributed by atoms with van der Waals surface area (Å²) in [5.41, 5.74) is 1.70. The first-order valence-corrected chi connectivity index (χ1v) is 9.55. The van der Waals surface area contributed by atoms with Gasteiger partial charge in [-0.05, 0) is 18.9 Å². The van der Waals surface area contributed by atoms with Crippen molar-refractivity contribution in [3.8, 4) is 0 Å². The maximum absolute atomic E-state index is 12.6. The fourth-order valence-electron chi connectivity index (χ4n) is 3.05. The fraction of sp³-hybridized carbons (Fsp3) is 0.526. The Morgan fingerprint density at radius 1 is 1.24 bits per heavy atom. The molecule has 1 saturated heterocycles. The largest absolute Gasteiger partial charge is 0.339 e. The summed E-state index contributed by atoms with van der Waals surface area (Å²) >= 11 is 1.74. The average molecular weight is 359 g/mol. The molecule has 0 aromatic carbocycles. The van der Waals surface area contributed by atoms with E-state index in [1.54, 1.807) is 30.6 Å². The highest BCUT2D eigenvalue weighted by Gasteiger charge is 2.27. The van der Waals surface area contributed by atoms with Crippen LogP contribution in [0, 0.1) is 0 Å². The first kappa shape index (κ1) is 17.9. The number of carbonyl (C=O) groups excluding carboxylic acids is 1. The Labute approximate surface area is 152 Å². The normalized spacial score (nSPS) is 16.2. The maximum atomic E-state index is 12.6. The molecule has 1 aliphatic heterocycles. The van der Waals surface area contributed by atoms with Crippen molar-refractivity contribution in [2.24, 2.45) is 7.05 Å². The number of aryl methyl sites for hydroxylation is 1. The number of carbonyl (C=O) groups is 1. The van der Waals surface area contributed by atoms with Gasteiger partial charge in [-0.3, -0.25) is 9.59 Å². The molecule has 0 spiro atoms. The van der Waals surface area contributed by atoms with Gasteiger partial charge < -0.3 is 9.47 Å². The van der Waals surface area contributed by atoms with Crippen molar-refractivity contribution >= 4 is 17.2 Å². The molecule has 0 bridgehead atoms. The molecule has 0 aliphatic carbocycles. The first-order valence-electron chi connectivity index (χ1n) is 8.67. The van der Waals surface area contributed by atoms with E-state index in [2.05, 4.69) is 26.2 Å². The van der Waals surface area contributed by atoms with E-state index in [-0.39, 0.29) is 16.9 Å². The molecule has 1 amide bonds. The number of thiazole rings is 1. The van der Waals surface area contributed by atoms with Gasteiger partial charge in [0.25, 0.3) is 5.91 Å². The molecule has 0 N–H and O–H groups in total. The zero-order chi connectivity index (χ0) is 18.2. The molecule has 1 aliphatic rings. The molecule has 0 atom stereocenters. The van der Waals surface area contributed by atoms with Crippen LogP contribution >= 0.6 is 11.3 Å². The van der Waals surface area contributed by atoms with Crippen LogP contribution in [-0.4, -0.2) is 33.4 Å². The summed E-state index contributed by atoms with van der Waals surface area (Å²) < 4.78 is 1.45. The van der Waals surface area contributed by atoms with Crippen molar-refractivity contribution in [3.63, 3.8) is 0 Å². The van der Waals surface area contributed by atoms with Gasteiger partial charge >= 0.3 is 0 Å². The lowest BCUT2D eigenvalue weighted by molar-refractivity contribution is 0.0712. The second kappa shape index (κ2) is 6.75. The van der Waals surface area contributed by atoms with Gasteiger partial charge in [-0.25, -0.2) is 4.98 Å². The lowest BCUT2D eigenvalue weighted by Crippen LogP contribution is -2.38. The third-order valence-corrected chi connectivity index (χ3v) is 5.76. The molecule has 0 saturated carbocycles. The molecule has 3 rings (SSSR count). The van der Waals surface area contributed by atoms with Crippen LogP contribution in [-0.2, 0) is 12.5 Å². The minimum Gasteiger partial charge on any atom is -0.339 e. The third-order valence-electron chi connectivity index (χ3n) is 4.75. The quantitative estimate of drug-likeness (QED) is 0.828. The number of likely N-dealkylation sites (tertiary alicyclic amines) is 1. The number of piperidine rings is 1. The van der Waals surface area contributed by atoms with Crippen LogP contribution in [0.2, 0.25) is 0 Å². The standard InChI is InChI=1S/C19H25N3O2S/c1-19(2,3)15-12-25-17(20-15)13-7-9-22(10-8-13)18(24)14-5-6-16(23)21(4)11-14/h5-6,11-13H,7-10H2,1-4H3. The predicted octanol–water partition coefficient (Wildman–Crippen LogP) is 3.16. The highest BCUT2D eigenvalue weighted by atomic mass is 32.1. The molecule has 134 valence electrons. The van der Waals surface area contributed by atoms with Crippen LogP contribution in [0.4, 0.5) is 0 Å². The monoisotopic (exact) mass is 359 g/mol. The second-order valence-electron chi connectivity index (χ2n) is 7.75. The Bertz CT molecular complexity index is 824. The Kier molecular flexibility index (Phi) is 4.82. The average Bonchev–Trinajstić information content (AvgIpc) is 3.07. The number of aromatic nitrogens is 2. The number of rotatable bonds is 2. The maximum Gasteiger partial charge on any atom is 0.255 e. The summed E-state index contributed by atoms with van der Waals surface area (Å²) in [7, 11) is 1.67. The van der Waals surface area contributed by atoms with E-state index in [0.29, 0.717) is 11.5 Å². The zero-order valence-corrected chi connectivity index (χ0v) is 16.1. The molecular formula is C19H25N3O2S. The molecular weight excluding hydrogens is 334 g/mol. The molecule has 0 radical (unpaired) electrons. The fourth-order valence-corrected chi connectivity index (χ4v) is 4.27. The van der Waals surface area contributed by atoms with E-state index in [1.165, 1.54) is 15.6 Å². The minimum atomic E-state index is -0.103. The SMILES string of the molecule is Cn1cc(C(=O)N2CCC(c3nc(C(C)(C)C)cs3)CC2)ccc1=O. The van der Waals surface area contributed by atoms with Crippen LogP contribution in [0.15, 0.2) is 28.5 Å². The van der Waals surface area contributed by atoms with Crippen LogP contribution in [0.25, 0.3) is 0 Å². The van der Waals surface area contributed by atoms with E-state index in [4.69, 9.17) is 4.98 Å². The van der Waals surface area contributed by atoms with Crippen molar-refractivity contribution in [2.75, 3.05) is 13.1 Å². The van der Waals surface area contributed by atoms with Crippen molar-refractivity contribution < 1.29 is 4.79 Å². The van der Waals surface area contributed by atoms with E-state index in [9.17, 15) is 9.59 Å². The number of nitrogens with zero attached hydrogens (tertiary/aromatic N) is 3. The van der Waals surface area contributed by atoms with Gasteiger partial charge in [0.2, 0.25) is 5.56 Å². The van der Waals surface area contributed by atoms with Crippen molar-refractivity contribution in [1.82, 2.24) is 14.5 Å². The molecule has 3 heterocycles. The summed E-state index contributed by atoms with van der Waals surface area (Å²) in [6.07, 6.45) is 3.50. The summed E-state index contributed by atoms with van der Waals surface area (Å²) in [5.74, 6) is 0.439. The molecule has 2 aromatic heterocycles. The smallest absolute Gasteiger partial charge is 0.255 e. The number of pyridine rings is 1. The van der Waals surface area contributed by atoms with Crippen LogP contribution in [0.5, 0.6) is 0 Å². The molecule has 2 aromatic rings. The Morgan fingerprint density at radius 3 is 2.48 bits per heavy atom.